The van der Waals surface area contributed by atoms with Crippen molar-refractivity contribution in [3.63, 3.8) is 0 Å². The van der Waals surface area contributed by atoms with Gasteiger partial charge in [-0.1, -0.05) is 23.7 Å². The third-order valence-corrected chi connectivity index (χ3v) is 3.37. The van der Waals surface area contributed by atoms with Crippen molar-refractivity contribution in [2.45, 2.75) is 19.4 Å². The molecule has 0 spiro atoms. The van der Waals surface area contributed by atoms with Crippen LogP contribution in [0.2, 0.25) is 5.02 Å². The normalized spacial score (nSPS) is 12.3. The van der Waals surface area contributed by atoms with Gasteiger partial charge in [-0.25, -0.2) is 0 Å². The standard InChI is InChI=1S/C14H22ClN3S/c1-11(12-5-7-13(15)8-6-12)17-14(19)16-9-4-10-18(2)3/h5-8,11H,4,9-10H2,1-3H3,(H2,16,17,19)/p+1/t11-/m1/s1. The number of benzene rings is 1. The average molecular weight is 301 g/mol. The third-order valence-electron chi connectivity index (χ3n) is 2.86. The highest BCUT2D eigenvalue weighted by atomic mass is 35.5. The molecule has 106 valence electrons. The van der Waals surface area contributed by atoms with E-state index in [2.05, 4.69) is 31.7 Å². The number of thiocarbonyl (C=S) groups is 1. The molecule has 3 N–H and O–H groups in total. The number of hydrogen-bond acceptors (Lipinski definition) is 1. The summed E-state index contributed by atoms with van der Waals surface area (Å²) in [5.74, 6) is 0. The summed E-state index contributed by atoms with van der Waals surface area (Å²) in [6, 6.07) is 7.99. The van der Waals surface area contributed by atoms with Gasteiger partial charge >= 0.3 is 0 Å². The zero-order valence-corrected chi connectivity index (χ0v) is 13.4. The molecule has 19 heavy (non-hydrogen) atoms. The van der Waals surface area contributed by atoms with Gasteiger partial charge < -0.3 is 15.5 Å². The minimum atomic E-state index is 0.178. The Morgan fingerprint density at radius 2 is 1.95 bits per heavy atom. The number of halogens is 1. The summed E-state index contributed by atoms with van der Waals surface area (Å²) >= 11 is 11.2. The number of nitrogens with one attached hydrogen (secondary N) is 3. The van der Waals surface area contributed by atoms with E-state index in [1.807, 2.05) is 24.3 Å². The van der Waals surface area contributed by atoms with Crippen LogP contribution in [-0.4, -0.2) is 32.3 Å². The quantitative estimate of drug-likeness (QED) is 0.548. The van der Waals surface area contributed by atoms with E-state index < -0.39 is 0 Å². The minimum absolute atomic E-state index is 0.178. The average Bonchev–Trinajstić information content (AvgIpc) is 2.35. The summed E-state index contributed by atoms with van der Waals surface area (Å²) in [5.41, 5.74) is 1.17. The molecule has 0 saturated heterocycles. The van der Waals surface area contributed by atoms with E-state index in [4.69, 9.17) is 23.8 Å². The fraction of sp³-hybridized carbons (Fsp3) is 0.500. The van der Waals surface area contributed by atoms with E-state index >= 15 is 0 Å². The molecule has 0 bridgehead atoms. The SMILES string of the molecule is C[C@@H](NC(=S)NCCC[NH+](C)C)c1ccc(Cl)cc1. The maximum absolute atomic E-state index is 5.87. The number of rotatable bonds is 6. The van der Waals surface area contributed by atoms with Crippen molar-refractivity contribution in [1.29, 1.82) is 0 Å². The second-order valence-corrected chi connectivity index (χ2v) is 5.83. The Morgan fingerprint density at radius 3 is 2.53 bits per heavy atom. The van der Waals surface area contributed by atoms with Crippen LogP contribution in [-0.2, 0) is 0 Å². The fourth-order valence-electron chi connectivity index (χ4n) is 1.73. The van der Waals surface area contributed by atoms with Gasteiger partial charge in [0.05, 0.1) is 26.7 Å². The Morgan fingerprint density at radius 1 is 1.32 bits per heavy atom. The number of hydrogen-bond donors (Lipinski definition) is 3. The van der Waals surface area contributed by atoms with Crippen LogP contribution in [0.5, 0.6) is 0 Å². The second kappa shape index (κ2) is 8.35. The Hall–Kier alpha value is -0.840. The van der Waals surface area contributed by atoms with Crippen molar-refractivity contribution in [3.05, 3.63) is 34.9 Å². The molecular weight excluding hydrogens is 278 g/mol. The lowest BCUT2D eigenvalue weighted by molar-refractivity contribution is -0.858. The van der Waals surface area contributed by atoms with Crippen molar-refractivity contribution in [3.8, 4) is 0 Å². The first kappa shape index (κ1) is 16.2. The summed E-state index contributed by atoms with van der Waals surface area (Å²) in [6.45, 7) is 4.13. The second-order valence-electron chi connectivity index (χ2n) is 4.98. The zero-order chi connectivity index (χ0) is 14.3. The van der Waals surface area contributed by atoms with Gasteiger partial charge in [0.2, 0.25) is 0 Å². The molecule has 0 heterocycles. The molecule has 0 aliphatic carbocycles. The molecule has 1 aromatic rings. The molecule has 1 atom stereocenters. The highest BCUT2D eigenvalue weighted by Gasteiger charge is 2.06. The van der Waals surface area contributed by atoms with Crippen LogP contribution in [0.15, 0.2) is 24.3 Å². The molecule has 0 unspecified atom stereocenters. The molecule has 0 saturated carbocycles. The lowest BCUT2D eigenvalue weighted by Crippen LogP contribution is -3.05. The monoisotopic (exact) mass is 300 g/mol. The molecule has 0 aliphatic heterocycles. The van der Waals surface area contributed by atoms with Crippen LogP contribution in [0.4, 0.5) is 0 Å². The van der Waals surface area contributed by atoms with Gasteiger partial charge in [-0.2, -0.15) is 0 Å². The van der Waals surface area contributed by atoms with Crippen LogP contribution in [0.3, 0.4) is 0 Å². The smallest absolute Gasteiger partial charge is 0.166 e. The molecule has 0 fully saturated rings. The Balaban J connectivity index is 2.29. The van der Waals surface area contributed by atoms with Crippen molar-refractivity contribution in [1.82, 2.24) is 10.6 Å². The predicted octanol–water partition coefficient (Wildman–Crippen LogP) is 1.40. The first-order valence-corrected chi connectivity index (χ1v) is 7.36. The van der Waals surface area contributed by atoms with Crippen LogP contribution < -0.4 is 15.5 Å². The summed E-state index contributed by atoms with van der Waals surface area (Å²) < 4.78 is 0. The largest absolute Gasteiger partial charge is 0.362 e. The van der Waals surface area contributed by atoms with Gasteiger partial charge in [0.1, 0.15) is 0 Å². The van der Waals surface area contributed by atoms with Crippen LogP contribution in [0, 0.1) is 0 Å². The fourth-order valence-corrected chi connectivity index (χ4v) is 2.13. The van der Waals surface area contributed by atoms with E-state index in [0.29, 0.717) is 5.11 Å². The molecule has 0 radical (unpaired) electrons. The first-order chi connectivity index (χ1) is 8.99. The molecule has 0 amide bonds. The van der Waals surface area contributed by atoms with Crippen molar-refractivity contribution in [2.75, 3.05) is 27.2 Å². The Kier molecular flexibility index (Phi) is 7.13. The third kappa shape index (κ3) is 6.76. The molecule has 1 rings (SSSR count). The lowest BCUT2D eigenvalue weighted by atomic mass is 10.1. The molecule has 1 aromatic carbocycles. The molecule has 0 aliphatic rings. The predicted molar refractivity (Wildman–Crippen MR) is 85.9 cm³/mol. The van der Waals surface area contributed by atoms with E-state index in [1.54, 1.807) is 0 Å². The summed E-state index contributed by atoms with van der Waals surface area (Å²) in [6.07, 6.45) is 1.11. The van der Waals surface area contributed by atoms with Crippen molar-refractivity contribution >= 4 is 28.9 Å². The van der Waals surface area contributed by atoms with Crippen molar-refractivity contribution in [2.24, 2.45) is 0 Å². The molecule has 0 aromatic heterocycles. The molecule has 5 heteroatoms. The van der Waals surface area contributed by atoms with E-state index in [0.717, 1.165) is 24.5 Å². The number of quaternary nitrogens is 1. The zero-order valence-electron chi connectivity index (χ0n) is 11.8. The van der Waals surface area contributed by atoms with E-state index in [9.17, 15) is 0 Å². The van der Waals surface area contributed by atoms with Gasteiger partial charge in [0, 0.05) is 18.0 Å². The Labute approximate surface area is 126 Å². The lowest BCUT2D eigenvalue weighted by Gasteiger charge is -2.17. The van der Waals surface area contributed by atoms with E-state index in [-0.39, 0.29) is 6.04 Å². The topological polar surface area (TPSA) is 28.5 Å². The summed E-state index contributed by atoms with van der Waals surface area (Å²) in [4.78, 5) is 1.45. The Bertz CT molecular complexity index is 392. The minimum Gasteiger partial charge on any atom is -0.362 e. The van der Waals surface area contributed by atoms with Crippen LogP contribution in [0.25, 0.3) is 0 Å². The van der Waals surface area contributed by atoms with Crippen LogP contribution in [0.1, 0.15) is 24.9 Å². The highest BCUT2D eigenvalue weighted by molar-refractivity contribution is 7.80. The maximum Gasteiger partial charge on any atom is 0.166 e. The maximum atomic E-state index is 5.87. The van der Waals surface area contributed by atoms with Gasteiger partial charge in [-0.15, -0.1) is 0 Å². The highest BCUT2D eigenvalue weighted by Crippen LogP contribution is 2.15. The molecular formula is C14H23ClN3S+. The van der Waals surface area contributed by atoms with Crippen molar-refractivity contribution < 1.29 is 4.90 Å². The summed E-state index contributed by atoms with van der Waals surface area (Å²) in [5, 5.41) is 7.96. The summed E-state index contributed by atoms with van der Waals surface area (Å²) in [7, 11) is 4.30. The van der Waals surface area contributed by atoms with Gasteiger partial charge in [-0.05, 0) is 36.8 Å². The molecule has 3 nitrogen and oxygen atoms in total. The van der Waals surface area contributed by atoms with Crippen LogP contribution >= 0.6 is 23.8 Å². The van der Waals surface area contributed by atoms with Gasteiger partial charge in [0.25, 0.3) is 0 Å². The van der Waals surface area contributed by atoms with Gasteiger partial charge in [-0.3, -0.25) is 0 Å². The van der Waals surface area contributed by atoms with Gasteiger partial charge in [0.15, 0.2) is 5.11 Å². The first-order valence-electron chi connectivity index (χ1n) is 6.58. The van der Waals surface area contributed by atoms with E-state index in [1.165, 1.54) is 10.5 Å².